The van der Waals surface area contributed by atoms with Gasteiger partial charge in [0.05, 0.1) is 28.2 Å². The Kier molecular flexibility index (Phi) is 3.90. The number of nitrogens with one attached hydrogen (secondary N) is 2. The fraction of sp³-hybridized carbons (Fsp3) is 0.0833. The Morgan fingerprint density at radius 3 is 2.70 bits per heavy atom. The third-order valence-corrected chi connectivity index (χ3v) is 2.75. The molecule has 0 spiro atoms. The maximum Gasteiger partial charge on any atom is 0.335 e. The van der Waals surface area contributed by atoms with Crippen LogP contribution in [-0.2, 0) is 7.05 Å². The summed E-state index contributed by atoms with van der Waals surface area (Å²) in [5.41, 5.74) is 0.759. The van der Waals surface area contributed by atoms with E-state index in [2.05, 4.69) is 15.7 Å². The molecule has 0 saturated heterocycles. The minimum Gasteiger partial charge on any atom is -0.478 e. The minimum absolute atomic E-state index is 0.0334. The lowest BCUT2D eigenvalue weighted by atomic mass is 10.2. The lowest BCUT2D eigenvalue weighted by Crippen LogP contribution is -2.19. The highest BCUT2D eigenvalue weighted by Gasteiger charge is 2.10. The largest absolute Gasteiger partial charge is 0.478 e. The second-order valence-corrected chi connectivity index (χ2v) is 4.39. The maximum absolute atomic E-state index is 11.8. The number of halogens is 1. The van der Waals surface area contributed by atoms with Crippen molar-refractivity contribution in [2.45, 2.75) is 0 Å². The first kappa shape index (κ1) is 13.9. The number of aryl methyl sites for hydroxylation is 1. The summed E-state index contributed by atoms with van der Waals surface area (Å²) in [6, 6.07) is 3.51. The van der Waals surface area contributed by atoms with Crippen LogP contribution in [0.3, 0.4) is 0 Å². The highest BCUT2D eigenvalue weighted by molar-refractivity contribution is 6.34. The number of carbonyl (C=O) groups is 2. The van der Waals surface area contributed by atoms with Gasteiger partial charge in [0, 0.05) is 13.2 Å². The van der Waals surface area contributed by atoms with E-state index in [1.54, 1.807) is 13.2 Å². The molecule has 0 aliphatic heterocycles. The molecule has 7 nitrogen and oxygen atoms in total. The Morgan fingerprint density at radius 2 is 2.10 bits per heavy atom. The van der Waals surface area contributed by atoms with E-state index < -0.39 is 12.0 Å². The second-order valence-electron chi connectivity index (χ2n) is 3.98. The van der Waals surface area contributed by atoms with E-state index in [4.69, 9.17) is 16.7 Å². The van der Waals surface area contributed by atoms with Gasteiger partial charge < -0.3 is 15.7 Å². The number of aromatic nitrogens is 2. The zero-order valence-corrected chi connectivity index (χ0v) is 11.2. The molecule has 0 radical (unpaired) electrons. The van der Waals surface area contributed by atoms with Gasteiger partial charge in [-0.3, -0.25) is 4.68 Å². The quantitative estimate of drug-likeness (QED) is 0.810. The van der Waals surface area contributed by atoms with Crippen molar-refractivity contribution in [2.75, 3.05) is 10.6 Å². The molecule has 104 valence electrons. The summed E-state index contributed by atoms with van der Waals surface area (Å²) >= 11 is 5.90. The molecule has 20 heavy (non-hydrogen) atoms. The highest BCUT2D eigenvalue weighted by Crippen LogP contribution is 2.23. The van der Waals surface area contributed by atoms with Crippen molar-refractivity contribution in [3.8, 4) is 0 Å². The van der Waals surface area contributed by atoms with Gasteiger partial charge in [-0.2, -0.15) is 5.10 Å². The summed E-state index contributed by atoms with van der Waals surface area (Å²) in [7, 11) is 1.72. The van der Waals surface area contributed by atoms with Gasteiger partial charge in [0.1, 0.15) is 0 Å². The number of carboxylic acids is 1. The monoisotopic (exact) mass is 294 g/mol. The van der Waals surface area contributed by atoms with E-state index in [9.17, 15) is 9.59 Å². The van der Waals surface area contributed by atoms with E-state index in [1.807, 2.05) is 0 Å². The van der Waals surface area contributed by atoms with Crippen LogP contribution in [0.5, 0.6) is 0 Å². The molecular formula is C12H11ClN4O3. The number of urea groups is 1. The number of carbonyl (C=O) groups excluding carboxylic acids is 1. The zero-order valence-electron chi connectivity index (χ0n) is 10.4. The van der Waals surface area contributed by atoms with Gasteiger partial charge in [-0.25, -0.2) is 9.59 Å². The zero-order chi connectivity index (χ0) is 14.7. The summed E-state index contributed by atoms with van der Waals surface area (Å²) in [6.07, 6.45) is 3.10. The molecule has 0 bridgehead atoms. The van der Waals surface area contributed by atoms with Crippen LogP contribution in [0.4, 0.5) is 16.2 Å². The van der Waals surface area contributed by atoms with Crippen LogP contribution in [0.1, 0.15) is 10.4 Å². The molecule has 0 aliphatic carbocycles. The molecule has 2 amide bonds. The van der Waals surface area contributed by atoms with E-state index >= 15 is 0 Å². The van der Waals surface area contributed by atoms with Crippen molar-refractivity contribution in [3.63, 3.8) is 0 Å². The normalized spacial score (nSPS) is 10.1. The van der Waals surface area contributed by atoms with Crippen molar-refractivity contribution in [1.29, 1.82) is 0 Å². The number of nitrogens with zero attached hydrogens (tertiary/aromatic N) is 2. The van der Waals surface area contributed by atoms with Crippen molar-refractivity contribution in [2.24, 2.45) is 7.05 Å². The number of benzene rings is 1. The molecule has 1 aromatic carbocycles. The topological polar surface area (TPSA) is 96.2 Å². The SMILES string of the molecule is Cn1cc(NC(=O)Nc2cc(C(=O)O)ccc2Cl)cn1. The Hall–Kier alpha value is -2.54. The Labute approximate surface area is 119 Å². The molecule has 0 aliphatic rings. The van der Waals surface area contributed by atoms with Gasteiger partial charge in [0.25, 0.3) is 0 Å². The predicted molar refractivity (Wildman–Crippen MR) is 74.3 cm³/mol. The molecule has 1 heterocycles. The van der Waals surface area contributed by atoms with Crippen LogP contribution in [0, 0.1) is 0 Å². The Morgan fingerprint density at radius 1 is 1.35 bits per heavy atom. The van der Waals surface area contributed by atoms with Crippen molar-refractivity contribution in [1.82, 2.24) is 9.78 Å². The average Bonchev–Trinajstić information content (AvgIpc) is 2.77. The van der Waals surface area contributed by atoms with Gasteiger partial charge in [-0.1, -0.05) is 11.6 Å². The fourth-order valence-electron chi connectivity index (χ4n) is 1.52. The van der Waals surface area contributed by atoms with Crippen LogP contribution in [0.15, 0.2) is 30.6 Å². The number of hydrogen-bond donors (Lipinski definition) is 3. The second kappa shape index (κ2) is 5.62. The number of anilines is 2. The van der Waals surface area contributed by atoms with Gasteiger partial charge in [-0.05, 0) is 18.2 Å². The number of carboxylic acid groups (broad SMARTS) is 1. The fourth-order valence-corrected chi connectivity index (χ4v) is 1.69. The number of rotatable bonds is 3. The molecule has 0 unspecified atom stereocenters. The Balaban J connectivity index is 2.11. The van der Waals surface area contributed by atoms with Crippen molar-refractivity contribution >= 4 is 35.0 Å². The third-order valence-electron chi connectivity index (χ3n) is 2.42. The average molecular weight is 295 g/mol. The molecule has 0 atom stereocenters. The smallest absolute Gasteiger partial charge is 0.335 e. The number of amides is 2. The lowest BCUT2D eigenvalue weighted by molar-refractivity contribution is 0.0697. The minimum atomic E-state index is -1.10. The molecule has 0 fully saturated rings. The lowest BCUT2D eigenvalue weighted by Gasteiger charge is -2.08. The first-order chi connectivity index (χ1) is 9.45. The van der Waals surface area contributed by atoms with Gasteiger partial charge in [0.15, 0.2) is 0 Å². The summed E-state index contributed by atoms with van der Waals surface area (Å²) in [5, 5.41) is 18.1. The summed E-state index contributed by atoms with van der Waals surface area (Å²) < 4.78 is 1.54. The third kappa shape index (κ3) is 3.27. The van der Waals surface area contributed by atoms with E-state index in [1.165, 1.54) is 29.1 Å². The maximum atomic E-state index is 11.8. The molecule has 2 aromatic rings. The molecular weight excluding hydrogens is 284 g/mol. The summed E-state index contributed by atoms with van der Waals surface area (Å²) in [6.45, 7) is 0. The highest BCUT2D eigenvalue weighted by atomic mass is 35.5. The van der Waals surface area contributed by atoms with Crippen LogP contribution < -0.4 is 10.6 Å². The van der Waals surface area contributed by atoms with Crippen LogP contribution in [0.2, 0.25) is 5.02 Å². The first-order valence-electron chi connectivity index (χ1n) is 5.55. The van der Waals surface area contributed by atoms with E-state index in [-0.39, 0.29) is 16.3 Å². The molecule has 2 rings (SSSR count). The van der Waals surface area contributed by atoms with Crippen LogP contribution in [-0.4, -0.2) is 26.9 Å². The molecule has 8 heteroatoms. The van der Waals surface area contributed by atoms with Gasteiger partial charge in [-0.15, -0.1) is 0 Å². The Bertz CT molecular complexity index is 668. The van der Waals surface area contributed by atoms with Crippen molar-refractivity contribution < 1.29 is 14.7 Å². The molecule has 3 N–H and O–H groups in total. The van der Waals surface area contributed by atoms with E-state index in [0.29, 0.717) is 5.69 Å². The number of hydrogen-bond acceptors (Lipinski definition) is 3. The standard InChI is InChI=1S/C12H11ClN4O3/c1-17-6-8(5-14-17)15-12(20)16-10-4-7(11(18)19)2-3-9(10)13/h2-6H,1H3,(H,18,19)(H2,15,16,20). The number of aromatic carboxylic acids is 1. The molecule has 1 aromatic heterocycles. The van der Waals surface area contributed by atoms with Gasteiger partial charge in [0.2, 0.25) is 0 Å². The van der Waals surface area contributed by atoms with Crippen molar-refractivity contribution in [3.05, 3.63) is 41.2 Å². The summed E-state index contributed by atoms with van der Waals surface area (Å²) in [4.78, 5) is 22.6. The van der Waals surface area contributed by atoms with Crippen LogP contribution in [0.25, 0.3) is 0 Å². The summed E-state index contributed by atoms with van der Waals surface area (Å²) in [5.74, 6) is -1.10. The first-order valence-corrected chi connectivity index (χ1v) is 5.93. The van der Waals surface area contributed by atoms with Gasteiger partial charge >= 0.3 is 12.0 Å². The molecule has 0 saturated carbocycles. The van der Waals surface area contributed by atoms with E-state index in [0.717, 1.165) is 0 Å². The predicted octanol–water partition coefficient (Wildman–Crippen LogP) is 2.42. The van der Waals surface area contributed by atoms with Crippen LogP contribution >= 0.6 is 11.6 Å².